The van der Waals surface area contributed by atoms with Gasteiger partial charge in [-0.1, -0.05) is 12.1 Å². The minimum Gasteiger partial charge on any atom is -0.492 e. The molecule has 21 heavy (non-hydrogen) atoms. The molecule has 1 saturated heterocycles. The predicted molar refractivity (Wildman–Crippen MR) is 74.8 cm³/mol. The van der Waals surface area contributed by atoms with E-state index in [2.05, 4.69) is 0 Å². The van der Waals surface area contributed by atoms with E-state index in [1.807, 2.05) is 6.07 Å². The van der Waals surface area contributed by atoms with Crippen LogP contribution < -0.4 is 4.74 Å². The zero-order valence-electron chi connectivity index (χ0n) is 11.5. The van der Waals surface area contributed by atoms with Crippen LogP contribution in [0.1, 0.15) is 18.4 Å². The second kappa shape index (κ2) is 5.31. The van der Waals surface area contributed by atoms with E-state index in [1.165, 1.54) is 4.31 Å². The third-order valence-electron chi connectivity index (χ3n) is 4.10. The lowest BCUT2D eigenvalue weighted by atomic mass is 9.99. The number of para-hydroxylation sites is 1. The zero-order chi connectivity index (χ0) is 15.0. The molecule has 0 aromatic heterocycles. The molecule has 1 aromatic rings. The number of piperidine rings is 1. The molecular formula is C14H17NO5S. The molecule has 2 aliphatic rings. The number of hydrogen-bond donors (Lipinski definition) is 1. The van der Waals surface area contributed by atoms with Gasteiger partial charge in [-0.05, 0) is 24.5 Å². The Balaban J connectivity index is 1.86. The maximum atomic E-state index is 12.7. The highest BCUT2D eigenvalue weighted by Gasteiger charge is 2.34. The van der Waals surface area contributed by atoms with Crippen molar-refractivity contribution >= 4 is 16.0 Å². The molecule has 6 nitrogen and oxygen atoms in total. The smallest absolute Gasteiger partial charge is 0.306 e. The van der Waals surface area contributed by atoms with Crippen molar-refractivity contribution in [2.24, 2.45) is 5.92 Å². The first-order chi connectivity index (χ1) is 10.00. The fourth-order valence-electron chi connectivity index (χ4n) is 2.87. The number of rotatable bonds is 3. The first kappa shape index (κ1) is 14.3. The highest BCUT2D eigenvalue weighted by molar-refractivity contribution is 7.89. The Morgan fingerprint density at radius 1 is 1.29 bits per heavy atom. The molecule has 0 aliphatic carbocycles. The molecule has 0 amide bonds. The molecule has 0 bridgehead atoms. The molecule has 3 rings (SSSR count). The van der Waals surface area contributed by atoms with Crippen LogP contribution in [0, 0.1) is 5.92 Å². The van der Waals surface area contributed by atoms with Crippen molar-refractivity contribution < 1.29 is 23.1 Å². The average molecular weight is 311 g/mol. The molecule has 0 saturated carbocycles. The molecule has 1 aromatic carbocycles. The van der Waals surface area contributed by atoms with Gasteiger partial charge in [0.2, 0.25) is 10.0 Å². The van der Waals surface area contributed by atoms with Crippen LogP contribution in [0.15, 0.2) is 23.1 Å². The lowest BCUT2D eigenvalue weighted by Crippen LogP contribution is -2.40. The van der Waals surface area contributed by atoms with Crippen molar-refractivity contribution in [3.05, 3.63) is 23.8 Å². The largest absolute Gasteiger partial charge is 0.492 e. The summed E-state index contributed by atoms with van der Waals surface area (Å²) in [6, 6.07) is 5.16. The fourth-order valence-corrected chi connectivity index (χ4v) is 4.51. The maximum absolute atomic E-state index is 12.7. The number of sulfonamides is 1. The van der Waals surface area contributed by atoms with Gasteiger partial charge in [0.15, 0.2) is 0 Å². The Kier molecular flexibility index (Phi) is 3.62. The van der Waals surface area contributed by atoms with Crippen LogP contribution >= 0.6 is 0 Å². The number of carboxylic acids is 1. The summed E-state index contributed by atoms with van der Waals surface area (Å²) in [6.45, 7) is 0.981. The fraction of sp³-hybridized carbons (Fsp3) is 0.500. The average Bonchev–Trinajstić information content (AvgIpc) is 2.95. The first-order valence-electron chi connectivity index (χ1n) is 6.98. The molecule has 1 N–H and O–H groups in total. The van der Waals surface area contributed by atoms with Gasteiger partial charge in [0, 0.05) is 19.5 Å². The summed E-state index contributed by atoms with van der Waals surface area (Å²) >= 11 is 0. The summed E-state index contributed by atoms with van der Waals surface area (Å²) in [5, 5.41) is 8.98. The van der Waals surface area contributed by atoms with Gasteiger partial charge < -0.3 is 9.84 Å². The highest BCUT2D eigenvalue weighted by atomic mass is 32.2. The molecular weight excluding hydrogens is 294 g/mol. The van der Waals surface area contributed by atoms with Gasteiger partial charge in [0.1, 0.15) is 10.6 Å². The van der Waals surface area contributed by atoms with Crippen LogP contribution in [0.4, 0.5) is 0 Å². The van der Waals surface area contributed by atoms with Gasteiger partial charge >= 0.3 is 5.97 Å². The molecule has 7 heteroatoms. The second-order valence-corrected chi connectivity index (χ2v) is 7.27. The van der Waals surface area contributed by atoms with Crippen LogP contribution in [0.2, 0.25) is 0 Å². The van der Waals surface area contributed by atoms with Crippen molar-refractivity contribution in [3.8, 4) is 5.75 Å². The lowest BCUT2D eigenvalue weighted by Gasteiger charge is -2.29. The molecule has 2 heterocycles. The SMILES string of the molecule is O=C(O)C1CCN(S(=O)(=O)c2cccc3c2OCC3)CC1. The van der Waals surface area contributed by atoms with E-state index < -0.39 is 21.9 Å². The minimum atomic E-state index is -3.62. The van der Waals surface area contributed by atoms with Gasteiger partial charge in [0.05, 0.1) is 12.5 Å². The molecule has 0 unspecified atom stereocenters. The van der Waals surface area contributed by atoms with E-state index in [0.717, 1.165) is 12.0 Å². The third-order valence-corrected chi connectivity index (χ3v) is 6.02. The standard InChI is InChI=1S/C14H17NO5S/c16-14(17)11-4-7-15(8-5-11)21(18,19)12-3-1-2-10-6-9-20-13(10)12/h1-3,11H,4-9H2,(H,16,17). The Hall–Kier alpha value is -1.60. The number of benzene rings is 1. The lowest BCUT2D eigenvalue weighted by molar-refractivity contribution is -0.142. The Morgan fingerprint density at radius 2 is 2.00 bits per heavy atom. The topological polar surface area (TPSA) is 83.9 Å². The number of aliphatic carboxylic acids is 1. The Labute approximate surface area is 123 Å². The number of carboxylic acid groups (broad SMARTS) is 1. The molecule has 0 spiro atoms. The quantitative estimate of drug-likeness (QED) is 0.904. The van der Waals surface area contributed by atoms with Crippen LogP contribution in [0.25, 0.3) is 0 Å². The maximum Gasteiger partial charge on any atom is 0.306 e. The van der Waals surface area contributed by atoms with Crippen LogP contribution in [-0.2, 0) is 21.2 Å². The van der Waals surface area contributed by atoms with Crippen molar-refractivity contribution in [3.63, 3.8) is 0 Å². The normalized spacial score (nSPS) is 20.0. The third kappa shape index (κ3) is 2.51. The summed E-state index contributed by atoms with van der Waals surface area (Å²) in [5.74, 6) is -0.844. The van der Waals surface area contributed by atoms with Gasteiger partial charge in [-0.15, -0.1) is 0 Å². The van der Waals surface area contributed by atoms with Gasteiger partial charge in [-0.25, -0.2) is 8.42 Å². The monoisotopic (exact) mass is 311 g/mol. The summed E-state index contributed by atoms with van der Waals surface area (Å²) in [7, 11) is -3.62. The summed E-state index contributed by atoms with van der Waals surface area (Å²) < 4.78 is 32.3. The number of fused-ring (bicyclic) bond motifs is 1. The van der Waals surface area contributed by atoms with Crippen molar-refractivity contribution in [1.82, 2.24) is 4.31 Å². The second-order valence-electron chi connectivity index (χ2n) is 5.36. The number of carbonyl (C=O) groups is 1. The Morgan fingerprint density at radius 3 is 2.67 bits per heavy atom. The minimum absolute atomic E-state index is 0.200. The van der Waals surface area contributed by atoms with Gasteiger partial charge in [-0.2, -0.15) is 4.31 Å². The number of nitrogens with zero attached hydrogens (tertiary/aromatic N) is 1. The summed E-state index contributed by atoms with van der Waals surface area (Å²) in [4.78, 5) is 11.1. The molecule has 1 fully saturated rings. The van der Waals surface area contributed by atoms with Crippen molar-refractivity contribution in [2.75, 3.05) is 19.7 Å². The Bertz CT molecular complexity index is 662. The van der Waals surface area contributed by atoms with Crippen LogP contribution in [0.5, 0.6) is 5.75 Å². The van der Waals surface area contributed by atoms with E-state index >= 15 is 0 Å². The van der Waals surface area contributed by atoms with E-state index in [1.54, 1.807) is 12.1 Å². The first-order valence-corrected chi connectivity index (χ1v) is 8.42. The summed E-state index contributed by atoms with van der Waals surface area (Å²) in [6.07, 6.45) is 1.43. The van der Waals surface area contributed by atoms with E-state index in [4.69, 9.17) is 9.84 Å². The van der Waals surface area contributed by atoms with Crippen LogP contribution in [0.3, 0.4) is 0 Å². The number of ether oxygens (including phenoxy) is 1. The van der Waals surface area contributed by atoms with Gasteiger partial charge in [0.25, 0.3) is 0 Å². The van der Waals surface area contributed by atoms with Crippen molar-refractivity contribution in [2.45, 2.75) is 24.2 Å². The zero-order valence-corrected chi connectivity index (χ0v) is 12.3. The molecule has 114 valence electrons. The predicted octanol–water partition coefficient (Wildman–Crippen LogP) is 1.11. The van der Waals surface area contributed by atoms with E-state index in [0.29, 0.717) is 25.2 Å². The summed E-state index contributed by atoms with van der Waals surface area (Å²) in [5.41, 5.74) is 0.913. The van der Waals surface area contributed by atoms with Crippen LogP contribution in [-0.4, -0.2) is 43.5 Å². The molecule has 0 radical (unpaired) electrons. The van der Waals surface area contributed by atoms with E-state index in [-0.39, 0.29) is 18.0 Å². The van der Waals surface area contributed by atoms with E-state index in [9.17, 15) is 13.2 Å². The highest BCUT2D eigenvalue weighted by Crippen LogP contribution is 2.35. The molecule has 2 aliphatic heterocycles. The van der Waals surface area contributed by atoms with Crippen molar-refractivity contribution in [1.29, 1.82) is 0 Å². The molecule has 0 atom stereocenters. The van der Waals surface area contributed by atoms with Gasteiger partial charge in [-0.3, -0.25) is 4.79 Å². The number of hydrogen-bond acceptors (Lipinski definition) is 4.